The van der Waals surface area contributed by atoms with E-state index < -0.39 is 6.09 Å². The highest BCUT2D eigenvalue weighted by molar-refractivity contribution is 7.19. The third kappa shape index (κ3) is 3.50. The number of nitrogens with zero attached hydrogens (tertiary/aromatic N) is 1. The molecule has 0 radical (unpaired) electrons. The third-order valence-electron chi connectivity index (χ3n) is 3.38. The SMILES string of the molecule is C[C@H](Nc1ncc(NC(=O)O)s1)c1cc2cc(Cl)ccc2[nH]c1=O. The van der Waals surface area contributed by atoms with Crippen LogP contribution in [-0.2, 0) is 0 Å². The number of aromatic amines is 1. The molecule has 2 heterocycles. The van der Waals surface area contributed by atoms with Crippen molar-refractivity contribution < 1.29 is 9.90 Å². The van der Waals surface area contributed by atoms with Crippen LogP contribution in [0.1, 0.15) is 18.5 Å². The predicted molar refractivity (Wildman–Crippen MR) is 95.4 cm³/mol. The van der Waals surface area contributed by atoms with E-state index in [1.165, 1.54) is 6.20 Å². The van der Waals surface area contributed by atoms with Gasteiger partial charge >= 0.3 is 6.09 Å². The number of hydrogen-bond acceptors (Lipinski definition) is 5. The molecule has 1 atom stereocenters. The molecule has 0 bridgehead atoms. The lowest BCUT2D eigenvalue weighted by molar-refractivity contribution is 0.210. The van der Waals surface area contributed by atoms with Crippen molar-refractivity contribution in [2.24, 2.45) is 0 Å². The molecule has 0 fully saturated rings. The van der Waals surface area contributed by atoms with Crippen LogP contribution in [0.15, 0.2) is 35.3 Å². The summed E-state index contributed by atoms with van der Waals surface area (Å²) in [6.45, 7) is 1.83. The number of thiazole rings is 1. The summed E-state index contributed by atoms with van der Waals surface area (Å²) in [5.41, 5.74) is 1.04. The number of hydrogen-bond donors (Lipinski definition) is 4. The van der Waals surface area contributed by atoms with Crippen LogP contribution in [0.4, 0.5) is 14.9 Å². The van der Waals surface area contributed by atoms with Gasteiger partial charge < -0.3 is 15.4 Å². The second-order valence-electron chi connectivity index (χ2n) is 5.11. The Balaban J connectivity index is 1.86. The van der Waals surface area contributed by atoms with Gasteiger partial charge in [-0.2, -0.15) is 0 Å². The average Bonchev–Trinajstić information content (AvgIpc) is 2.93. The van der Waals surface area contributed by atoms with Crippen molar-refractivity contribution in [3.63, 3.8) is 0 Å². The zero-order valence-electron chi connectivity index (χ0n) is 12.5. The molecule has 124 valence electrons. The number of carbonyl (C=O) groups is 1. The largest absolute Gasteiger partial charge is 0.465 e. The van der Waals surface area contributed by atoms with Crippen LogP contribution in [0.3, 0.4) is 0 Å². The fourth-order valence-electron chi connectivity index (χ4n) is 2.28. The fourth-order valence-corrected chi connectivity index (χ4v) is 3.26. The van der Waals surface area contributed by atoms with Crippen LogP contribution in [0.2, 0.25) is 5.02 Å². The minimum absolute atomic E-state index is 0.203. The quantitative estimate of drug-likeness (QED) is 0.561. The molecule has 2 aromatic heterocycles. The maximum Gasteiger partial charge on any atom is 0.409 e. The summed E-state index contributed by atoms with van der Waals surface area (Å²) < 4.78 is 0. The zero-order chi connectivity index (χ0) is 17.3. The Hall–Kier alpha value is -2.58. The number of H-pyrrole nitrogens is 1. The van der Waals surface area contributed by atoms with Gasteiger partial charge in [-0.25, -0.2) is 9.78 Å². The molecule has 0 saturated carbocycles. The van der Waals surface area contributed by atoms with Crippen molar-refractivity contribution in [1.82, 2.24) is 9.97 Å². The number of benzene rings is 1. The van der Waals surface area contributed by atoms with Crippen LogP contribution in [0.5, 0.6) is 0 Å². The van der Waals surface area contributed by atoms with E-state index in [9.17, 15) is 9.59 Å². The van der Waals surface area contributed by atoms with Crippen LogP contribution < -0.4 is 16.2 Å². The predicted octanol–water partition coefficient (Wildman–Crippen LogP) is 3.90. The minimum atomic E-state index is -1.15. The van der Waals surface area contributed by atoms with Crippen molar-refractivity contribution >= 4 is 50.1 Å². The number of amides is 1. The van der Waals surface area contributed by atoms with E-state index >= 15 is 0 Å². The molecule has 3 aromatic rings. The van der Waals surface area contributed by atoms with Gasteiger partial charge in [0.25, 0.3) is 5.56 Å². The molecular formula is C15H13ClN4O3S. The number of rotatable bonds is 4. The van der Waals surface area contributed by atoms with E-state index in [1.54, 1.807) is 24.3 Å². The summed E-state index contributed by atoms with van der Waals surface area (Å²) in [6, 6.07) is 6.71. The Morgan fingerprint density at radius 3 is 2.96 bits per heavy atom. The summed E-state index contributed by atoms with van der Waals surface area (Å²) in [7, 11) is 0. The molecule has 0 spiro atoms. The van der Waals surface area contributed by atoms with Crippen LogP contribution >= 0.6 is 22.9 Å². The maximum atomic E-state index is 12.3. The Morgan fingerprint density at radius 2 is 2.21 bits per heavy atom. The molecule has 1 amide bonds. The molecule has 9 heteroatoms. The highest BCUT2D eigenvalue weighted by atomic mass is 35.5. The lowest BCUT2D eigenvalue weighted by Gasteiger charge is -2.13. The summed E-state index contributed by atoms with van der Waals surface area (Å²) in [5.74, 6) is 0. The third-order valence-corrected chi connectivity index (χ3v) is 4.46. The molecule has 24 heavy (non-hydrogen) atoms. The first kappa shape index (κ1) is 16.3. The lowest BCUT2D eigenvalue weighted by Crippen LogP contribution is -2.19. The van der Waals surface area contributed by atoms with Gasteiger partial charge in [-0.1, -0.05) is 22.9 Å². The first-order valence-electron chi connectivity index (χ1n) is 6.97. The van der Waals surface area contributed by atoms with Crippen molar-refractivity contribution in [1.29, 1.82) is 0 Å². The number of pyridine rings is 1. The number of anilines is 2. The lowest BCUT2D eigenvalue weighted by atomic mass is 10.1. The highest BCUT2D eigenvalue weighted by Gasteiger charge is 2.13. The van der Waals surface area contributed by atoms with Gasteiger partial charge in [-0.05, 0) is 31.2 Å². The fraction of sp³-hybridized carbons (Fsp3) is 0.133. The van der Waals surface area contributed by atoms with Gasteiger partial charge in [0.1, 0.15) is 5.00 Å². The molecular weight excluding hydrogens is 352 g/mol. The van der Waals surface area contributed by atoms with E-state index in [0.29, 0.717) is 26.2 Å². The van der Waals surface area contributed by atoms with Gasteiger partial charge in [-0.15, -0.1) is 0 Å². The van der Waals surface area contributed by atoms with Crippen molar-refractivity contribution in [2.75, 3.05) is 10.6 Å². The molecule has 4 N–H and O–H groups in total. The maximum absolute atomic E-state index is 12.3. The smallest absolute Gasteiger partial charge is 0.409 e. The van der Waals surface area contributed by atoms with E-state index in [1.807, 2.05) is 6.92 Å². The van der Waals surface area contributed by atoms with Crippen LogP contribution in [-0.4, -0.2) is 21.2 Å². The van der Waals surface area contributed by atoms with Crippen LogP contribution in [0.25, 0.3) is 10.9 Å². The van der Waals surface area contributed by atoms with E-state index in [4.69, 9.17) is 16.7 Å². The van der Waals surface area contributed by atoms with Crippen LogP contribution in [0, 0.1) is 0 Å². The van der Waals surface area contributed by atoms with E-state index in [2.05, 4.69) is 20.6 Å². The monoisotopic (exact) mass is 364 g/mol. The summed E-state index contributed by atoms with van der Waals surface area (Å²) >= 11 is 7.14. The second-order valence-corrected chi connectivity index (χ2v) is 6.58. The summed E-state index contributed by atoms with van der Waals surface area (Å²) in [4.78, 5) is 29.8. The standard InChI is InChI=1S/C15H13ClN4O3S/c1-7(18-14-17-6-12(24-14)20-15(22)23)10-5-8-4-9(16)2-3-11(8)19-13(10)21/h2-7,20H,1H3,(H,17,18)(H,19,21)(H,22,23)/t7-/m0/s1. The van der Waals surface area contributed by atoms with Crippen molar-refractivity contribution in [3.8, 4) is 0 Å². The van der Waals surface area contributed by atoms with Gasteiger partial charge in [0.15, 0.2) is 5.13 Å². The zero-order valence-corrected chi connectivity index (χ0v) is 14.0. The Bertz CT molecular complexity index is 969. The number of carboxylic acid groups (broad SMARTS) is 1. The molecule has 0 aliphatic carbocycles. The minimum Gasteiger partial charge on any atom is -0.465 e. The summed E-state index contributed by atoms with van der Waals surface area (Å²) in [5, 5.41) is 16.3. The van der Waals surface area contributed by atoms with E-state index in [-0.39, 0.29) is 11.6 Å². The van der Waals surface area contributed by atoms with Gasteiger partial charge in [-0.3, -0.25) is 10.1 Å². The Morgan fingerprint density at radius 1 is 1.42 bits per heavy atom. The first-order chi connectivity index (χ1) is 11.4. The molecule has 3 rings (SSSR count). The number of aromatic nitrogens is 2. The molecule has 1 aromatic carbocycles. The van der Waals surface area contributed by atoms with Gasteiger partial charge in [0, 0.05) is 21.5 Å². The van der Waals surface area contributed by atoms with Crippen molar-refractivity contribution in [2.45, 2.75) is 13.0 Å². The molecule has 7 nitrogen and oxygen atoms in total. The molecule has 0 aliphatic rings. The Kier molecular flexibility index (Phi) is 4.41. The number of halogens is 1. The van der Waals surface area contributed by atoms with Gasteiger partial charge in [0.05, 0.1) is 12.2 Å². The average molecular weight is 365 g/mol. The Labute approximate surface area is 145 Å². The molecule has 0 unspecified atom stereocenters. The highest BCUT2D eigenvalue weighted by Crippen LogP contribution is 2.27. The van der Waals surface area contributed by atoms with Crippen molar-refractivity contribution in [3.05, 3.63) is 51.4 Å². The number of fused-ring (bicyclic) bond motifs is 1. The topological polar surface area (TPSA) is 107 Å². The molecule has 0 aliphatic heterocycles. The first-order valence-corrected chi connectivity index (χ1v) is 8.16. The second kappa shape index (κ2) is 6.50. The molecule has 0 saturated heterocycles. The number of nitrogens with one attached hydrogen (secondary N) is 3. The normalized spacial score (nSPS) is 12.1. The van der Waals surface area contributed by atoms with Gasteiger partial charge in [0.2, 0.25) is 0 Å². The summed E-state index contributed by atoms with van der Waals surface area (Å²) in [6.07, 6.45) is 0.263. The van der Waals surface area contributed by atoms with E-state index in [0.717, 1.165) is 16.7 Å².